The largest absolute Gasteiger partial charge is 0.292 e. The van der Waals surface area contributed by atoms with Crippen LogP contribution in [0.15, 0.2) is 12.3 Å². The minimum absolute atomic E-state index is 0.148. The summed E-state index contributed by atoms with van der Waals surface area (Å²) in [6.07, 6.45) is 1.63. The Morgan fingerprint density at radius 2 is 2.11 bits per heavy atom. The number of carbonyl (C=O) groups is 1. The lowest BCUT2D eigenvalue weighted by Gasteiger charge is -2.01. The number of halogens is 2. The quantitative estimate of drug-likeness (QED) is 0.808. The van der Waals surface area contributed by atoms with E-state index in [4.69, 9.17) is 23.2 Å². The molecule has 0 unspecified atom stereocenters. The van der Waals surface area contributed by atoms with Gasteiger partial charge >= 0.3 is 0 Å². The molecule has 0 N–H and O–H groups in total. The maximum Gasteiger partial charge on any atom is 0.189 e. The van der Waals surface area contributed by atoms with E-state index in [0.717, 1.165) is 15.6 Å². The predicted octanol–water partition coefficient (Wildman–Crippen LogP) is 3.89. The molecule has 0 atom stereocenters. The lowest BCUT2D eigenvalue weighted by molar-refractivity contribution is 0.0988. The number of pyridine rings is 1. The number of aryl methyl sites for hydroxylation is 2. The smallest absolute Gasteiger partial charge is 0.189 e. The number of Topliss-reactive ketones (excluding diaryl/α,β-unsaturated/α-hetero) is 1. The van der Waals surface area contributed by atoms with E-state index >= 15 is 0 Å². The minimum atomic E-state index is -0.148. The molecule has 0 saturated heterocycles. The van der Waals surface area contributed by atoms with Gasteiger partial charge in [-0.3, -0.25) is 4.79 Å². The molecule has 0 aliphatic rings. The van der Waals surface area contributed by atoms with E-state index in [9.17, 15) is 4.79 Å². The fourth-order valence-electron chi connectivity index (χ4n) is 1.46. The molecule has 2 aromatic heterocycles. The molecule has 0 saturated carbocycles. The maximum atomic E-state index is 12.0. The molecule has 2 rings (SSSR count). The molecular formula is C12H10Cl2N2OS. The lowest BCUT2D eigenvalue weighted by atomic mass is 10.2. The first kappa shape index (κ1) is 13.5. The van der Waals surface area contributed by atoms with Crippen molar-refractivity contribution in [1.29, 1.82) is 0 Å². The van der Waals surface area contributed by atoms with Crippen LogP contribution in [0.5, 0.6) is 0 Å². The summed E-state index contributed by atoms with van der Waals surface area (Å²) in [5, 5.41) is 1.47. The Labute approximate surface area is 119 Å². The van der Waals surface area contributed by atoms with Crippen LogP contribution in [0.3, 0.4) is 0 Å². The van der Waals surface area contributed by atoms with Crippen LogP contribution in [0.2, 0.25) is 10.0 Å². The summed E-state index contributed by atoms with van der Waals surface area (Å²) in [7, 11) is 0. The second kappa shape index (κ2) is 5.34. The molecule has 0 fully saturated rings. The zero-order valence-electron chi connectivity index (χ0n) is 9.83. The molecule has 0 spiro atoms. The molecule has 3 nitrogen and oxygen atoms in total. The van der Waals surface area contributed by atoms with Crippen molar-refractivity contribution in [2.45, 2.75) is 20.3 Å². The third-order valence-electron chi connectivity index (χ3n) is 2.46. The summed E-state index contributed by atoms with van der Waals surface area (Å²) in [4.78, 5) is 21.5. The van der Waals surface area contributed by atoms with Gasteiger partial charge in [0.2, 0.25) is 0 Å². The topological polar surface area (TPSA) is 42.9 Å². The molecular weight excluding hydrogens is 291 g/mol. The third-order valence-corrected chi connectivity index (χ3v) is 4.02. The Hall–Kier alpha value is -0.970. The number of hydrogen-bond acceptors (Lipinski definition) is 4. The van der Waals surface area contributed by atoms with Gasteiger partial charge in [-0.15, -0.1) is 11.3 Å². The third kappa shape index (κ3) is 2.88. The van der Waals surface area contributed by atoms with Gasteiger partial charge in [0, 0.05) is 11.1 Å². The van der Waals surface area contributed by atoms with Gasteiger partial charge in [-0.1, -0.05) is 23.2 Å². The van der Waals surface area contributed by atoms with E-state index in [1.807, 2.05) is 13.8 Å². The molecule has 0 bridgehead atoms. The van der Waals surface area contributed by atoms with Crippen molar-refractivity contribution in [2.24, 2.45) is 0 Å². The van der Waals surface area contributed by atoms with E-state index in [1.54, 1.807) is 0 Å². The molecule has 0 aliphatic carbocycles. The predicted molar refractivity (Wildman–Crippen MR) is 73.9 cm³/mol. The van der Waals surface area contributed by atoms with Crippen molar-refractivity contribution in [1.82, 2.24) is 9.97 Å². The highest BCUT2D eigenvalue weighted by atomic mass is 35.5. The Morgan fingerprint density at radius 3 is 2.67 bits per heavy atom. The monoisotopic (exact) mass is 300 g/mol. The zero-order valence-corrected chi connectivity index (χ0v) is 12.2. The fraction of sp³-hybridized carbons (Fsp3) is 0.250. The van der Waals surface area contributed by atoms with Crippen molar-refractivity contribution in [3.63, 3.8) is 0 Å². The molecule has 0 radical (unpaired) electrons. The van der Waals surface area contributed by atoms with Crippen molar-refractivity contribution >= 4 is 40.3 Å². The Kier molecular flexibility index (Phi) is 4.00. The first-order valence-corrected chi connectivity index (χ1v) is 6.81. The number of nitrogens with zero attached hydrogens (tertiary/aromatic N) is 2. The highest BCUT2D eigenvalue weighted by Crippen LogP contribution is 2.22. The van der Waals surface area contributed by atoms with Crippen LogP contribution >= 0.6 is 34.5 Å². The summed E-state index contributed by atoms with van der Waals surface area (Å²) in [5.41, 5.74) is 1.20. The second-order valence-corrected chi connectivity index (χ2v) is 5.96. The summed E-state index contributed by atoms with van der Waals surface area (Å²) in [6, 6.07) is 1.52. The Balaban J connectivity index is 2.22. The van der Waals surface area contributed by atoms with Crippen LogP contribution in [0.4, 0.5) is 0 Å². The van der Waals surface area contributed by atoms with E-state index in [-0.39, 0.29) is 22.9 Å². The highest BCUT2D eigenvalue weighted by Gasteiger charge is 2.15. The standard InChI is InChI=1S/C12H10Cl2N2OS/c1-6-7(2)18-11(16-6)4-10(17)12-9(14)3-8(13)5-15-12/h3,5H,4H2,1-2H3. The fourth-order valence-corrected chi connectivity index (χ4v) is 2.87. The Morgan fingerprint density at radius 1 is 1.39 bits per heavy atom. The number of aromatic nitrogens is 2. The average Bonchev–Trinajstić information content (AvgIpc) is 2.57. The van der Waals surface area contributed by atoms with Gasteiger partial charge in [-0.05, 0) is 19.9 Å². The van der Waals surface area contributed by atoms with Crippen molar-refractivity contribution in [3.8, 4) is 0 Å². The van der Waals surface area contributed by atoms with Crippen molar-refractivity contribution in [2.75, 3.05) is 0 Å². The summed E-state index contributed by atoms with van der Waals surface area (Å²) in [5.74, 6) is -0.148. The van der Waals surface area contributed by atoms with Gasteiger partial charge in [-0.25, -0.2) is 9.97 Å². The van der Waals surface area contributed by atoms with Crippen LogP contribution < -0.4 is 0 Å². The number of ketones is 1. The van der Waals surface area contributed by atoms with Crippen molar-refractivity contribution in [3.05, 3.63) is 43.6 Å². The summed E-state index contributed by atoms with van der Waals surface area (Å²) >= 11 is 13.2. The second-order valence-electron chi connectivity index (χ2n) is 3.83. The van der Waals surface area contributed by atoms with Crippen LogP contribution in [0.1, 0.15) is 26.1 Å². The molecule has 0 aromatic carbocycles. The van der Waals surface area contributed by atoms with Gasteiger partial charge in [0.05, 0.1) is 22.2 Å². The minimum Gasteiger partial charge on any atom is -0.292 e. The van der Waals surface area contributed by atoms with E-state index in [1.165, 1.54) is 23.6 Å². The SMILES string of the molecule is Cc1nc(CC(=O)c2ncc(Cl)cc2Cl)sc1C. The molecule has 0 aliphatic heterocycles. The van der Waals surface area contributed by atoms with Gasteiger partial charge < -0.3 is 0 Å². The number of thiazole rings is 1. The summed E-state index contributed by atoms with van der Waals surface area (Å²) < 4.78 is 0. The van der Waals surface area contributed by atoms with Crippen LogP contribution in [-0.4, -0.2) is 15.8 Å². The maximum absolute atomic E-state index is 12.0. The normalized spacial score (nSPS) is 10.7. The van der Waals surface area contributed by atoms with Gasteiger partial charge in [0.15, 0.2) is 5.78 Å². The number of hydrogen-bond donors (Lipinski definition) is 0. The van der Waals surface area contributed by atoms with Crippen LogP contribution in [0.25, 0.3) is 0 Å². The van der Waals surface area contributed by atoms with Crippen molar-refractivity contribution < 1.29 is 4.79 Å². The number of carbonyl (C=O) groups excluding carboxylic acids is 1. The lowest BCUT2D eigenvalue weighted by Crippen LogP contribution is -2.06. The van der Waals surface area contributed by atoms with Gasteiger partial charge in [0.1, 0.15) is 10.7 Å². The molecule has 94 valence electrons. The van der Waals surface area contributed by atoms with Crippen LogP contribution in [0, 0.1) is 13.8 Å². The molecule has 18 heavy (non-hydrogen) atoms. The number of rotatable bonds is 3. The highest BCUT2D eigenvalue weighted by molar-refractivity contribution is 7.11. The average molecular weight is 301 g/mol. The first-order valence-electron chi connectivity index (χ1n) is 5.24. The first-order chi connectivity index (χ1) is 8.47. The van der Waals surface area contributed by atoms with Crippen LogP contribution in [-0.2, 0) is 6.42 Å². The van der Waals surface area contributed by atoms with E-state index in [2.05, 4.69) is 9.97 Å². The molecule has 0 amide bonds. The Bertz CT molecular complexity index is 591. The summed E-state index contributed by atoms with van der Waals surface area (Å²) in [6.45, 7) is 3.90. The van der Waals surface area contributed by atoms with Gasteiger partial charge in [-0.2, -0.15) is 0 Å². The molecule has 2 aromatic rings. The molecule has 2 heterocycles. The van der Waals surface area contributed by atoms with Gasteiger partial charge in [0.25, 0.3) is 0 Å². The zero-order chi connectivity index (χ0) is 13.3. The molecule has 6 heteroatoms. The van der Waals surface area contributed by atoms with E-state index in [0.29, 0.717) is 5.02 Å². The van der Waals surface area contributed by atoms with E-state index < -0.39 is 0 Å².